The molecule has 3 nitrogen and oxygen atoms in total. The van der Waals surface area contributed by atoms with Crippen molar-refractivity contribution in [2.75, 3.05) is 9.80 Å². The molecule has 322 valence electrons. The molecule has 4 atom stereocenters. The molecule has 0 amide bonds. The molecule has 13 rings (SSSR count). The molecule has 2 fully saturated rings. The molecular formula is C60H64BN3. The molecule has 0 bridgehead atoms. The van der Waals surface area contributed by atoms with Crippen molar-refractivity contribution < 1.29 is 0 Å². The van der Waals surface area contributed by atoms with Gasteiger partial charge >= 0.3 is 0 Å². The van der Waals surface area contributed by atoms with Gasteiger partial charge < -0.3 is 14.4 Å². The Hall–Kier alpha value is -5.22. The molecule has 6 aliphatic rings. The van der Waals surface area contributed by atoms with Gasteiger partial charge in [-0.1, -0.05) is 148 Å². The van der Waals surface area contributed by atoms with Crippen molar-refractivity contribution in [3.63, 3.8) is 0 Å². The Kier molecular flexibility index (Phi) is 7.57. The number of aromatic nitrogens is 1. The second-order valence-corrected chi connectivity index (χ2v) is 24.0. The van der Waals surface area contributed by atoms with Gasteiger partial charge in [0.25, 0.3) is 6.71 Å². The van der Waals surface area contributed by atoms with Crippen LogP contribution in [-0.4, -0.2) is 22.4 Å². The van der Waals surface area contributed by atoms with Gasteiger partial charge in [-0.25, -0.2) is 0 Å². The van der Waals surface area contributed by atoms with E-state index in [1.165, 1.54) is 146 Å². The molecule has 2 aliphatic carbocycles. The molecular weight excluding hydrogens is 773 g/mol. The summed E-state index contributed by atoms with van der Waals surface area (Å²) in [5, 5.41) is 2.77. The smallest absolute Gasteiger partial charge is 0.252 e. The third-order valence-corrected chi connectivity index (χ3v) is 18.7. The lowest BCUT2D eigenvalue weighted by molar-refractivity contribution is 0.194. The highest BCUT2D eigenvalue weighted by molar-refractivity contribution is 7.00. The molecule has 64 heavy (non-hydrogen) atoms. The zero-order chi connectivity index (χ0) is 44.1. The molecule has 0 N–H and O–H groups in total. The monoisotopic (exact) mass is 838 g/mol. The first-order valence-corrected chi connectivity index (χ1v) is 24.7. The van der Waals surface area contributed by atoms with Gasteiger partial charge in [0.2, 0.25) is 0 Å². The Labute approximate surface area is 382 Å². The summed E-state index contributed by atoms with van der Waals surface area (Å²) in [5.41, 5.74) is 22.7. The first-order chi connectivity index (χ1) is 30.5. The fourth-order valence-electron chi connectivity index (χ4n) is 14.8. The molecule has 0 radical (unpaired) electrons. The Morgan fingerprint density at radius 1 is 0.500 bits per heavy atom. The fraction of sp³-hybridized carbons (Fsp3) is 0.400. The second kappa shape index (κ2) is 12.4. The van der Waals surface area contributed by atoms with Crippen molar-refractivity contribution in [2.45, 2.75) is 153 Å². The van der Waals surface area contributed by atoms with Crippen molar-refractivity contribution in [3.8, 4) is 16.8 Å². The number of rotatable bonds is 2. The average molecular weight is 838 g/mol. The molecule has 1 aromatic heterocycles. The van der Waals surface area contributed by atoms with E-state index in [4.69, 9.17) is 0 Å². The third-order valence-electron chi connectivity index (χ3n) is 18.7. The lowest BCUT2D eigenvalue weighted by Crippen LogP contribution is -2.64. The minimum atomic E-state index is -0.0790. The number of anilines is 4. The van der Waals surface area contributed by atoms with E-state index < -0.39 is 0 Å². The van der Waals surface area contributed by atoms with Gasteiger partial charge in [0.1, 0.15) is 0 Å². The summed E-state index contributed by atoms with van der Waals surface area (Å²) in [5.74, 6) is 0. The van der Waals surface area contributed by atoms with Gasteiger partial charge in [-0.15, -0.1) is 0 Å². The topological polar surface area (TPSA) is 11.4 Å². The summed E-state index contributed by atoms with van der Waals surface area (Å²) in [4.78, 5) is 5.80. The zero-order valence-electron chi connectivity index (χ0n) is 40.0. The van der Waals surface area contributed by atoms with E-state index in [0.717, 1.165) is 0 Å². The van der Waals surface area contributed by atoms with Crippen molar-refractivity contribution >= 4 is 67.7 Å². The van der Waals surface area contributed by atoms with Crippen LogP contribution in [0.15, 0.2) is 109 Å². The summed E-state index contributed by atoms with van der Waals surface area (Å²) in [6.07, 6.45) is 9.89. The van der Waals surface area contributed by atoms with Crippen LogP contribution in [0.1, 0.15) is 143 Å². The number of para-hydroxylation sites is 1. The van der Waals surface area contributed by atoms with E-state index in [2.05, 4.69) is 193 Å². The van der Waals surface area contributed by atoms with E-state index in [1.807, 2.05) is 0 Å². The first kappa shape index (κ1) is 39.2. The van der Waals surface area contributed by atoms with Crippen LogP contribution in [-0.2, 0) is 21.7 Å². The highest BCUT2D eigenvalue weighted by Crippen LogP contribution is 2.64. The molecule has 4 unspecified atom stereocenters. The van der Waals surface area contributed by atoms with Gasteiger partial charge in [-0.05, 0) is 143 Å². The highest BCUT2D eigenvalue weighted by Gasteiger charge is 2.62. The number of hydrogen-bond acceptors (Lipinski definition) is 2. The minimum absolute atomic E-state index is 0.00136. The largest absolute Gasteiger partial charge is 0.335 e. The molecule has 4 heteroatoms. The van der Waals surface area contributed by atoms with Crippen molar-refractivity contribution in [1.29, 1.82) is 0 Å². The minimum Gasteiger partial charge on any atom is -0.335 e. The van der Waals surface area contributed by atoms with Crippen LogP contribution in [0, 0.1) is 0 Å². The van der Waals surface area contributed by atoms with Gasteiger partial charge in [0.15, 0.2) is 0 Å². The number of benzene rings is 6. The maximum absolute atomic E-state index is 2.95. The van der Waals surface area contributed by atoms with E-state index in [0.29, 0.717) is 0 Å². The van der Waals surface area contributed by atoms with Crippen molar-refractivity contribution in [3.05, 3.63) is 131 Å². The van der Waals surface area contributed by atoms with E-state index in [9.17, 15) is 0 Å². The summed E-state index contributed by atoms with van der Waals surface area (Å²) < 4.78 is 2.74. The second-order valence-electron chi connectivity index (χ2n) is 24.0. The van der Waals surface area contributed by atoms with Gasteiger partial charge in [0.05, 0.1) is 16.6 Å². The van der Waals surface area contributed by atoms with Crippen LogP contribution < -0.4 is 26.2 Å². The predicted octanol–water partition coefficient (Wildman–Crippen LogP) is 13.7. The average Bonchev–Trinajstić information content (AvgIpc) is 3.79. The molecule has 4 aliphatic heterocycles. The van der Waals surface area contributed by atoms with Crippen molar-refractivity contribution in [2.24, 2.45) is 0 Å². The van der Waals surface area contributed by atoms with E-state index >= 15 is 0 Å². The fourth-order valence-corrected chi connectivity index (χ4v) is 14.8. The van der Waals surface area contributed by atoms with Crippen molar-refractivity contribution in [1.82, 2.24) is 4.57 Å². The van der Waals surface area contributed by atoms with Gasteiger partial charge in [-0.2, -0.15) is 0 Å². The predicted molar refractivity (Wildman–Crippen MR) is 274 cm³/mol. The SMILES string of the molecule is CC(C)(C)c1ccc2c(c1)c1cc(C(C)(C)C)cc3c1n2-c1cc(N2c4ccccc4C4(C)CCCCC24C)cc2c1B3c1cc(-c3ccccc3)cc3c1N2C1(C)CCCCC31C. The van der Waals surface area contributed by atoms with Gasteiger partial charge in [-0.3, -0.25) is 0 Å². The Balaban J connectivity index is 1.21. The van der Waals surface area contributed by atoms with Crippen LogP contribution in [0.5, 0.6) is 0 Å². The Morgan fingerprint density at radius 2 is 1.12 bits per heavy atom. The summed E-state index contributed by atoms with van der Waals surface area (Å²) in [6.45, 7) is 24.9. The number of fused-ring (bicyclic) bond motifs is 13. The molecule has 0 saturated heterocycles. The first-order valence-electron chi connectivity index (χ1n) is 24.7. The molecule has 2 saturated carbocycles. The quantitative estimate of drug-likeness (QED) is 0.161. The standard InChI is InChI=1S/C60H64BN3/c1-55(2,3)39-24-25-48-42(32-39)43-33-40(56(4,5)6)34-47-53(43)62(48)50-35-41(63-49-23-15-14-22-44(49)57(7)26-16-18-28-59(57,63)9)36-51-52(50)61(47)46-31-38(37-20-12-11-13-21-37)30-45-54(46)64(51)60(10)29-19-17-27-58(45,60)8/h11-15,20-25,30-36H,16-19,26-29H2,1-10H3. The molecule has 7 aromatic rings. The highest BCUT2D eigenvalue weighted by atomic mass is 15.3. The van der Waals surface area contributed by atoms with Gasteiger partial charge in [0, 0.05) is 55.6 Å². The zero-order valence-corrected chi connectivity index (χ0v) is 40.0. The number of nitrogens with zero attached hydrogens (tertiary/aromatic N) is 3. The summed E-state index contributed by atoms with van der Waals surface area (Å²) >= 11 is 0. The normalized spacial score (nSPS) is 26.2. The summed E-state index contributed by atoms with van der Waals surface area (Å²) in [6, 6.07) is 44.0. The number of hydrogen-bond donors (Lipinski definition) is 0. The lowest BCUT2D eigenvalue weighted by atomic mass is 9.33. The van der Waals surface area contributed by atoms with E-state index in [1.54, 1.807) is 5.56 Å². The van der Waals surface area contributed by atoms with Crippen LogP contribution in [0.4, 0.5) is 22.7 Å². The molecule has 5 heterocycles. The van der Waals surface area contributed by atoms with Crippen LogP contribution in [0.2, 0.25) is 0 Å². The molecule has 0 spiro atoms. The Bertz CT molecular complexity index is 3180. The van der Waals surface area contributed by atoms with Crippen LogP contribution in [0.25, 0.3) is 38.6 Å². The Morgan fingerprint density at radius 3 is 1.84 bits per heavy atom. The van der Waals surface area contributed by atoms with Crippen LogP contribution >= 0.6 is 0 Å². The molecule has 6 aromatic carbocycles. The third kappa shape index (κ3) is 4.66. The van der Waals surface area contributed by atoms with Crippen LogP contribution in [0.3, 0.4) is 0 Å². The van der Waals surface area contributed by atoms with E-state index in [-0.39, 0.29) is 39.5 Å². The maximum Gasteiger partial charge on any atom is 0.252 e. The summed E-state index contributed by atoms with van der Waals surface area (Å²) in [7, 11) is 0. The maximum atomic E-state index is 2.95. The lowest BCUT2D eigenvalue weighted by Gasteiger charge is -2.53.